The standard InChI is InChI=1S/C13H18N2O3/c1-8(2)11-7-18-12-5-9(13(16)15-17)3-4-10(12)6-14-11/h3-5,8,11,14,17H,6-7H2,1-2H3,(H,15,16)/t11-/m1/s1. The molecule has 0 aliphatic carbocycles. The molecule has 1 aromatic rings. The highest BCUT2D eigenvalue weighted by molar-refractivity contribution is 5.93. The smallest absolute Gasteiger partial charge is 0.274 e. The summed E-state index contributed by atoms with van der Waals surface area (Å²) < 4.78 is 5.73. The molecule has 1 atom stereocenters. The van der Waals surface area contributed by atoms with Crippen molar-refractivity contribution in [2.75, 3.05) is 6.61 Å². The average molecular weight is 250 g/mol. The molecule has 5 nitrogen and oxygen atoms in total. The first kappa shape index (κ1) is 12.9. The van der Waals surface area contributed by atoms with Crippen molar-refractivity contribution < 1.29 is 14.7 Å². The Morgan fingerprint density at radius 2 is 2.33 bits per heavy atom. The fourth-order valence-electron chi connectivity index (χ4n) is 1.95. The van der Waals surface area contributed by atoms with Gasteiger partial charge in [0, 0.05) is 23.7 Å². The van der Waals surface area contributed by atoms with E-state index in [1.165, 1.54) is 0 Å². The number of carbonyl (C=O) groups excluding carboxylic acids is 1. The number of rotatable bonds is 2. The molecule has 5 heteroatoms. The lowest BCUT2D eigenvalue weighted by atomic mass is 10.1. The molecule has 0 bridgehead atoms. The Bertz CT molecular complexity index is 446. The van der Waals surface area contributed by atoms with Crippen LogP contribution in [0, 0.1) is 5.92 Å². The average Bonchev–Trinajstić information content (AvgIpc) is 2.59. The molecule has 1 aromatic carbocycles. The quantitative estimate of drug-likeness (QED) is 0.547. The highest BCUT2D eigenvalue weighted by Crippen LogP contribution is 2.24. The number of hydrogen-bond acceptors (Lipinski definition) is 4. The van der Waals surface area contributed by atoms with Gasteiger partial charge in [-0.25, -0.2) is 5.48 Å². The molecule has 0 saturated heterocycles. The van der Waals surface area contributed by atoms with E-state index in [0.29, 0.717) is 29.9 Å². The first-order chi connectivity index (χ1) is 8.61. The van der Waals surface area contributed by atoms with E-state index in [9.17, 15) is 4.79 Å². The van der Waals surface area contributed by atoms with Crippen LogP contribution in [0.3, 0.4) is 0 Å². The molecule has 1 aliphatic rings. The minimum atomic E-state index is -0.529. The first-order valence-electron chi connectivity index (χ1n) is 6.05. The minimum absolute atomic E-state index is 0.299. The lowest BCUT2D eigenvalue weighted by molar-refractivity contribution is 0.0706. The van der Waals surface area contributed by atoms with E-state index in [4.69, 9.17) is 9.94 Å². The van der Waals surface area contributed by atoms with Gasteiger partial charge in [-0.05, 0) is 18.1 Å². The summed E-state index contributed by atoms with van der Waals surface area (Å²) in [7, 11) is 0. The van der Waals surface area contributed by atoms with Crippen LogP contribution in [0.5, 0.6) is 5.75 Å². The second-order valence-corrected chi connectivity index (χ2v) is 4.81. The SMILES string of the molecule is CC(C)[C@H]1COc2cc(C(=O)NO)ccc2CN1. The molecule has 1 heterocycles. The number of ether oxygens (including phenoxy) is 1. The van der Waals surface area contributed by atoms with Crippen LogP contribution in [0.15, 0.2) is 18.2 Å². The predicted octanol–water partition coefficient (Wildman–Crippen LogP) is 1.31. The maximum absolute atomic E-state index is 11.3. The number of fused-ring (bicyclic) bond motifs is 1. The fourth-order valence-corrected chi connectivity index (χ4v) is 1.95. The molecule has 2 rings (SSSR count). The number of hydroxylamine groups is 1. The Morgan fingerprint density at radius 1 is 1.56 bits per heavy atom. The van der Waals surface area contributed by atoms with Gasteiger partial charge in [-0.15, -0.1) is 0 Å². The minimum Gasteiger partial charge on any atom is -0.492 e. The number of hydrogen-bond donors (Lipinski definition) is 3. The van der Waals surface area contributed by atoms with Gasteiger partial charge < -0.3 is 10.1 Å². The van der Waals surface area contributed by atoms with Crippen LogP contribution in [0.25, 0.3) is 0 Å². The summed E-state index contributed by atoms with van der Waals surface area (Å²) in [6.45, 7) is 5.58. The van der Waals surface area contributed by atoms with E-state index in [1.54, 1.807) is 17.6 Å². The summed E-state index contributed by atoms with van der Waals surface area (Å²) in [4.78, 5) is 11.3. The maximum Gasteiger partial charge on any atom is 0.274 e. The van der Waals surface area contributed by atoms with Crippen molar-refractivity contribution in [2.45, 2.75) is 26.4 Å². The molecule has 0 unspecified atom stereocenters. The van der Waals surface area contributed by atoms with Gasteiger partial charge in [0.25, 0.3) is 5.91 Å². The number of nitrogens with one attached hydrogen (secondary N) is 2. The molecule has 1 amide bonds. The van der Waals surface area contributed by atoms with Crippen molar-refractivity contribution in [3.05, 3.63) is 29.3 Å². The van der Waals surface area contributed by atoms with Gasteiger partial charge in [-0.2, -0.15) is 0 Å². The zero-order valence-electron chi connectivity index (χ0n) is 10.6. The van der Waals surface area contributed by atoms with Crippen LogP contribution < -0.4 is 15.5 Å². The van der Waals surface area contributed by atoms with Crippen LogP contribution in [-0.4, -0.2) is 23.8 Å². The summed E-state index contributed by atoms with van der Waals surface area (Å²) >= 11 is 0. The Balaban J connectivity index is 2.20. The second-order valence-electron chi connectivity index (χ2n) is 4.81. The van der Waals surface area contributed by atoms with Gasteiger partial charge in [0.15, 0.2) is 0 Å². The Morgan fingerprint density at radius 3 is 3.00 bits per heavy atom. The third-order valence-electron chi connectivity index (χ3n) is 3.21. The molecular weight excluding hydrogens is 232 g/mol. The largest absolute Gasteiger partial charge is 0.492 e. The molecule has 98 valence electrons. The van der Waals surface area contributed by atoms with Crippen molar-refractivity contribution in [3.8, 4) is 5.75 Å². The number of carbonyl (C=O) groups is 1. The summed E-state index contributed by atoms with van der Waals surface area (Å²) in [6, 6.07) is 5.47. The normalized spacial score (nSPS) is 18.8. The van der Waals surface area contributed by atoms with E-state index in [1.807, 2.05) is 6.07 Å². The van der Waals surface area contributed by atoms with Gasteiger partial charge >= 0.3 is 0 Å². The molecule has 0 aromatic heterocycles. The zero-order valence-corrected chi connectivity index (χ0v) is 10.6. The second kappa shape index (κ2) is 5.37. The highest BCUT2D eigenvalue weighted by atomic mass is 16.5. The monoisotopic (exact) mass is 250 g/mol. The zero-order chi connectivity index (χ0) is 13.1. The van der Waals surface area contributed by atoms with Gasteiger partial charge in [0.2, 0.25) is 0 Å². The molecule has 1 aliphatic heterocycles. The number of amides is 1. The van der Waals surface area contributed by atoms with Crippen LogP contribution in [0.1, 0.15) is 29.8 Å². The van der Waals surface area contributed by atoms with E-state index in [-0.39, 0.29) is 0 Å². The molecule has 18 heavy (non-hydrogen) atoms. The van der Waals surface area contributed by atoms with Gasteiger partial charge in [0.05, 0.1) is 0 Å². The van der Waals surface area contributed by atoms with Crippen molar-refractivity contribution in [1.82, 2.24) is 10.8 Å². The Hall–Kier alpha value is -1.59. The van der Waals surface area contributed by atoms with Gasteiger partial charge in [0.1, 0.15) is 12.4 Å². The van der Waals surface area contributed by atoms with E-state index in [2.05, 4.69) is 19.2 Å². The lowest BCUT2D eigenvalue weighted by Crippen LogP contribution is -2.36. The fraction of sp³-hybridized carbons (Fsp3) is 0.462. The van der Waals surface area contributed by atoms with E-state index in [0.717, 1.165) is 12.1 Å². The van der Waals surface area contributed by atoms with Gasteiger partial charge in [-0.1, -0.05) is 19.9 Å². The summed E-state index contributed by atoms with van der Waals surface area (Å²) in [5.74, 6) is 0.658. The summed E-state index contributed by atoms with van der Waals surface area (Å²) in [6.07, 6.45) is 0. The van der Waals surface area contributed by atoms with Crippen LogP contribution >= 0.6 is 0 Å². The topological polar surface area (TPSA) is 70.6 Å². The van der Waals surface area contributed by atoms with Crippen molar-refractivity contribution in [3.63, 3.8) is 0 Å². The Labute approximate surface area is 106 Å². The van der Waals surface area contributed by atoms with Crippen LogP contribution in [0.2, 0.25) is 0 Å². The molecule has 0 fully saturated rings. The lowest BCUT2D eigenvalue weighted by Gasteiger charge is -2.18. The number of benzene rings is 1. The third kappa shape index (κ3) is 2.63. The summed E-state index contributed by atoms with van der Waals surface area (Å²) in [5.41, 5.74) is 3.03. The molecule has 0 saturated carbocycles. The molecule has 3 N–H and O–H groups in total. The highest BCUT2D eigenvalue weighted by Gasteiger charge is 2.20. The van der Waals surface area contributed by atoms with E-state index < -0.39 is 5.91 Å². The predicted molar refractivity (Wildman–Crippen MR) is 66.7 cm³/mol. The van der Waals surface area contributed by atoms with E-state index >= 15 is 0 Å². The maximum atomic E-state index is 11.3. The van der Waals surface area contributed by atoms with Crippen LogP contribution in [0.4, 0.5) is 0 Å². The van der Waals surface area contributed by atoms with Gasteiger partial charge in [-0.3, -0.25) is 10.0 Å². The molecule has 0 spiro atoms. The van der Waals surface area contributed by atoms with Crippen LogP contribution in [-0.2, 0) is 6.54 Å². The van der Waals surface area contributed by atoms with Crippen molar-refractivity contribution >= 4 is 5.91 Å². The van der Waals surface area contributed by atoms with Crippen molar-refractivity contribution in [2.24, 2.45) is 5.92 Å². The molecule has 0 radical (unpaired) electrons. The molecular formula is C13H18N2O3. The first-order valence-corrected chi connectivity index (χ1v) is 6.05. The summed E-state index contributed by atoms with van der Waals surface area (Å²) in [5, 5.41) is 12.0. The van der Waals surface area contributed by atoms with Crippen molar-refractivity contribution in [1.29, 1.82) is 0 Å². The third-order valence-corrected chi connectivity index (χ3v) is 3.21. The Kier molecular flexibility index (Phi) is 3.84.